The number of para-hydroxylation sites is 2. The Morgan fingerprint density at radius 3 is 1.02 bits per heavy atom. The van der Waals surface area contributed by atoms with E-state index < -0.39 is 21.4 Å². The van der Waals surface area contributed by atoms with E-state index in [1.165, 1.54) is 136 Å². The third-order valence-electron chi connectivity index (χ3n) is 24.9. The molecule has 1 saturated carbocycles. The first-order valence-corrected chi connectivity index (χ1v) is 53.3. The lowest BCUT2D eigenvalue weighted by molar-refractivity contribution is 0.0692. The van der Waals surface area contributed by atoms with Gasteiger partial charge in [0, 0.05) is 173 Å². The van der Waals surface area contributed by atoms with Crippen LogP contribution in [0.15, 0.2) is 140 Å². The third kappa shape index (κ3) is 24.4. The summed E-state index contributed by atoms with van der Waals surface area (Å²) in [6.45, 7) is 37.4. The molecule has 126 heavy (non-hydrogen) atoms. The highest BCUT2D eigenvalue weighted by molar-refractivity contribution is 7.71. The number of rotatable bonds is 28. The van der Waals surface area contributed by atoms with Crippen molar-refractivity contribution < 1.29 is 32.6 Å². The number of ether oxygens (including phenoxy) is 4. The number of nitrogens with one attached hydrogen (secondary N) is 6. The largest absolute Gasteiger partial charge is 0.495 e. The average molecular weight is 1840 g/mol. The number of hydrogen-bond acceptors (Lipinski definition) is 27. The van der Waals surface area contributed by atoms with Crippen LogP contribution in [0, 0.1) is 0 Å². The predicted molar refractivity (Wildman–Crippen MR) is 523 cm³/mol. The van der Waals surface area contributed by atoms with Crippen LogP contribution in [-0.4, -0.2) is 257 Å². The number of piperidine rings is 3. The summed E-state index contributed by atoms with van der Waals surface area (Å²) >= 11 is 19.4. The molecule has 6 N–H and O–H groups in total. The quantitative estimate of drug-likeness (QED) is 0.0249. The molecule has 27 nitrogen and oxygen atoms in total. The van der Waals surface area contributed by atoms with E-state index >= 15 is 0 Å². The lowest BCUT2D eigenvalue weighted by atomic mass is 10.0. The van der Waals surface area contributed by atoms with Gasteiger partial charge in [0.15, 0.2) is 17.5 Å². The van der Waals surface area contributed by atoms with Crippen LogP contribution < -0.4 is 81.5 Å². The van der Waals surface area contributed by atoms with Crippen LogP contribution >= 0.6 is 56.2 Å². The molecule has 9 aromatic rings. The Hall–Kier alpha value is -8.68. The molecule has 0 atom stereocenters. The van der Waals surface area contributed by atoms with E-state index in [-0.39, 0.29) is 6.10 Å². The third-order valence-corrected chi connectivity index (χ3v) is 30.3. The Bertz CT molecular complexity index is 5330. The van der Waals surface area contributed by atoms with Crippen molar-refractivity contribution in [3.63, 3.8) is 0 Å². The number of nitrogens with zero attached hydrogens (tertiary/aromatic N) is 14. The summed E-state index contributed by atoms with van der Waals surface area (Å²) < 4.78 is 61.5. The van der Waals surface area contributed by atoms with Crippen molar-refractivity contribution >= 4 is 159 Å². The molecule has 7 aliphatic rings. The van der Waals surface area contributed by atoms with E-state index in [4.69, 9.17) is 53.8 Å². The fraction of sp³-hybridized carbons (Fsp3) is 0.484. The van der Waals surface area contributed by atoms with Crippen molar-refractivity contribution in [2.45, 2.75) is 128 Å². The molecular formula is C93H126Cl3N20O7P3. The molecule has 6 aliphatic heterocycles. The maximum atomic E-state index is 12.9. The van der Waals surface area contributed by atoms with Crippen molar-refractivity contribution in [3.8, 4) is 23.0 Å². The van der Waals surface area contributed by atoms with Crippen LogP contribution in [0.2, 0.25) is 15.1 Å². The van der Waals surface area contributed by atoms with E-state index in [0.29, 0.717) is 103 Å². The zero-order chi connectivity index (χ0) is 89.0. The second-order valence-corrected chi connectivity index (χ2v) is 46.2. The van der Waals surface area contributed by atoms with E-state index in [2.05, 4.69) is 151 Å². The molecule has 7 fully saturated rings. The number of aromatic nitrogens is 6. The number of piperazine rings is 2. The topological polar surface area (TPSA) is 264 Å². The molecule has 3 aromatic heterocycles. The second-order valence-electron chi connectivity index (χ2n) is 35.4. The van der Waals surface area contributed by atoms with E-state index in [1.54, 1.807) is 79.8 Å². The summed E-state index contributed by atoms with van der Waals surface area (Å²) in [4.78, 5) is 47.8. The molecule has 6 saturated heterocycles. The fourth-order valence-electron chi connectivity index (χ4n) is 17.7. The maximum absolute atomic E-state index is 12.9. The Morgan fingerprint density at radius 1 is 0.357 bits per heavy atom. The zero-order valence-electron chi connectivity index (χ0n) is 75.2. The van der Waals surface area contributed by atoms with Gasteiger partial charge in [0.1, 0.15) is 59.5 Å². The van der Waals surface area contributed by atoms with Crippen LogP contribution in [0.4, 0.5) is 86.5 Å². The minimum absolute atomic E-state index is 0.000290. The van der Waals surface area contributed by atoms with Crippen molar-refractivity contribution in [2.24, 2.45) is 0 Å². The van der Waals surface area contributed by atoms with Crippen molar-refractivity contribution in [3.05, 3.63) is 155 Å². The highest BCUT2D eigenvalue weighted by Gasteiger charge is 2.36. The average Bonchev–Trinajstić information content (AvgIpc) is 0.982. The molecule has 1 aliphatic carbocycles. The lowest BCUT2D eigenvalue weighted by Crippen LogP contribution is -2.54. The van der Waals surface area contributed by atoms with Gasteiger partial charge in [-0.05, 0) is 224 Å². The first-order chi connectivity index (χ1) is 60.5. The molecule has 676 valence electrons. The highest BCUT2D eigenvalue weighted by Crippen LogP contribution is 2.45. The SMILES string of the molecule is CC(C)Oc1cc(N2CCC(N3CCN(C(C)C)CC3)CC2)ccc1Nc1ncc(Cl)c(Nc2ccccc2P(C)(C)=O)n1.COc1cc(N2CCC(N3CCCC3)CC2)ccc1Nc1ncc(Cl)c(Nc2ccc(P(C)(C)=O)cc2OC)n1.COc1cc(N2CCC(N3CCN(C4CC4)CC3)CC2)ccc1Nc1ncc(Cl)c(Nc2ccccc2P(C)(C)=O)n1. The van der Waals surface area contributed by atoms with Gasteiger partial charge in [-0.25, -0.2) is 15.0 Å². The maximum Gasteiger partial charge on any atom is 0.229 e. The number of hydrogen-bond donors (Lipinski definition) is 6. The predicted octanol–water partition coefficient (Wildman–Crippen LogP) is 18.2. The second kappa shape index (κ2) is 42.3. The molecule has 9 heterocycles. The van der Waals surface area contributed by atoms with Gasteiger partial charge in [-0.1, -0.05) is 59.1 Å². The molecular weight excluding hydrogens is 1710 g/mol. The molecule has 0 bridgehead atoms. The summed E-state index contributed by atoms with van der Waals surface area (Å²) in [5.41, 5.74) is 7.86. The summed E-state index contributed by atoms with van der Waals surface area (Å²) in [7, 11) is -2.54. The van der Waals surface area contributed by atoms with E-state index in [0.717, 1.165) is 107 Å². The molecule has 16 rings (SSSR count). The zero-order valence-corrected chi connectivity index (χ0v) is 80.2. The van der Waals surface area contributed by atoms with Gasteiger partial charge < -0.3 is 84.1 Å². The van der Waals surface area contributed by atoms with Crippen LogP contribution in [0.1, 0.15) is 91.9 Å². The lowest BCUT2D eigenvalue weighted by Gasteiger charge is -2.44. The van der Waals surface area contributed by atoms with Gasteiger partial charge in [0.25, 0.3) is 0 Å². The summed E-state index contributed by atoms with van der Waals surface area (Å²) in [5.74, 6) is 5.14. The number of likely N-dealkylation sites (tertiary alicyclic amines) is 1. The molecule has 0 radical (unpaired) electrons. The van der Waals surface area contributed by atoms with Gasteiger partial charge in [0.2, 0.25) is 17.8 Å². The number of halogens is 3. The van der Waals surface area contributed by atoms with Gasteiger partial charge >= 0.3 is 0 Å². The minimum atomic E-state index is -2.52. The van der Waals surface area contributed by atoms with Crippen LogP contribution in [0.25, 0.3) is 0 Å². The molecule has 0 spiro atoms. The first-order valence-electron chi connectivity index (χ1n) is 44.4. The number of benzene rings is 6. The first kappa shape index (κ1) is 93.5. The van der Waals surface area contributed by atoms with Crippen LogP contribution in [-0.2, 0) is 13.7 Å². The van der Waals surface area contributed by atoms with Gasteiger partial charge in [-0.3, -0.25) is 19.6 Å². The van der Waals surface area contributed by atoms with Crippen molar-refractivity contribution in [1.29, 1.82) is 0 Å². The monoisotopic (exact) mass is 1830 g/mol. The Kier molecular flexibility index (Phi) is 31.3. The highest BCUT2D eigenvalue weighted by atomic mass is 35.5. The molecule has 0 unspecified atom stereocenters. The van der Waals surface area contributed by atoms with E-state index in [9.17, 15) is 13.7 Å². The molecule has 33 heteroatoms. The summed E-state index contributed by atoms with van der Waals surface area (Å²) in [6, 6.07) is 42.7. The number of methoxy groups -OCH3 is 3. The smallest absolute Gasteiger partial charge is 0.229 e. The standard InChI is InChI=1S/C33H47ClN7O2P.C31H41ClN7O2P.C29H38ClN6O3P/c1-23(2)39-17-19-41(20-18-39)25-13-15-40(16-14-25)26-11-12-28(30(21-26)43-24(3)4)37-33-35-22-27(34)32(38-33)36-29-9-7-8-10-31(29)44(5,6)42;1-41-28-20-24(37-14-12-23(13-15-37)39-18-16-38(17-19-39)22-8-9-22)10-11-26(28)35-31-33-21-25(32)30(36-31)34-27-6-4-5-7-29(27)42(2,3)40;1-38-26-17-21(36-15-11-20(12-16-36)35-13-5-6-14-35)7-9-25(26)33-29-31-19-23(30)28(34-29)32-24-10-8-22(40(3,4)37)18-27(24)39-2/h7-12,21-25H,13-20H2,1-6H3,(H2,35,36,37,38);4-7,10-11,20-23H,8-9,12-19H2,1-3H3,(H2,33,34,35,36);7-10,17-20H,5-6,11-16H2,1-4H3,(H2,31,32,33,34). The van der Waals surface area contributed by atoms with Gasteiger partial charge in [-0.2, -0.15) is 15.0 Å². The molecule has 6 aromatic carbocycles. The van der Waals surface area contributed by atoms with Crippen LogP contribution in [0.5, 0.6) is 23.0 Å². The minimum Gasteiger partial charge on any atom is -0.495 e. The van der Waals surface area contributed by atoms with Crippen molar-refractivity contribution in [2.75, 3.05) is 213 Å². The summed E-state index contributed by atoms with van der Waals surface area (Å²) in [5, 5.41) is 22.9. The normalized spacial score (nSPS) is 17.7. The fourth-order valence-corrected chi connectivity index (χ4v) is 21.3. The van der Waals surface area contributed by atoms with Gasteiger partial charge in [0.05, 0.1) is 80.1 Å². The van der Waals surface area contributed by atoms with E-state index in [1.807, 2.05) is 92.7 Å². The Labute approximate surface area is 759 Å². The van der Waals surface area contributed by atoms with Crippen LogP contribution in [0.3, 0.4) is 0 Å². The Balaban J connectivity index is 0.000000154. The molecule has 0 amide bonds. The summed E-state index contributed by atoms with van der Waals surface area (Å²) in [6.07, 6.45) is 17.2. The van der Waals surface area contributed by atoms with Crippen molar-refractivity contribution in [1.82, 2.24) is 54.4 Å². The van der Waals surface area contributed by atoms with Gasteiger partial charge in [-0.15, -0.1) is 0 Å². The Morgan fingerprint density at radius 2 is 0.675 bits per heavy atom. The number of anilines is 15.